The van der Waals surface area contributed by atoms with Gasteiger partial charge < -0.3 is 10.3 Å². The summed E-state index contributed by atoms with van der Waals surface area (Å²) < 4.78 is 1.82. The van der Waals surface area contributed by atoms with E-state index in [0.717, 1.165) is 5.69 Å². The van der Waals surface area contributed by atoms with Gasteiger partial charge in [0.1, 0.15) is 0 Å². The Bertz CT molecular complexity index is 296. The van der Waals surface area contributed by atoms with Crippen LogP contribution in [0, 0.1) is 0 Å². The number of hydrogen-bond donors (Lipinski definition) is 1. The summed E-state index contributed by atoms with van der Waals surface area (Å²) in [5, 5.41) is 0.502. The molecule has 3 nitrogen and oxygen atoms in total. The normalized spacial score (nSPS) is 12.1. The molecule has 0 spiro atoms. The van der Waals surface area contributed by atoms with Crippen molar-refractivity contribution in [3.8, 4) is 0 Å². The average molecular weight is 188 g/mol. The third kappa shape index (κ3) is 1.41. The van der Waals surface area contributed by atoms with E-state index in [-0.39, 0.29) is 5.41 Å². The van der Waals surface area contributed by atoms with Crippen LogP contribution in [0.15, 0.2) is 0 Å². The average Bonchev–Trinajstić information content (AvgIpc) is 2.05. The molecule has 1 aromatic rings. The third-order valence-electron chi connectivity index (χ3n) is 1.80. The Morgan fingerprint density at radius 3 is 2.08 bits per heavy atom. The van der Waals surface area contributed by atoms with Gasteiger partial charge in [-0.25, -0.2) is 4.98 Å². The maximum atomic E-state index is 5.92. The van der Waals surface area contributed by atoms with Gasteiger partial charge in [-0.1, -0.05) is 32.4 Å². The molecule has 12 heavy (non-hydrogen) atoms. The maximum Gasteiger partial charge on any atom is 0.201 e. The minimum Gasteiger partial charge on any atom is -0.369 e. The molecule has 0 aromatic carbocycles. The quantitative estimate of drug-likeness (QED) is 0.675. The molecule has 0 bridgehead atoms. The van der Waals surface area contributed by atoms with Crippen molar-refractivity contribution < 1.29 is 0 Å². The zero-order chi connectivity index (χ0) is 9.52. The van der Waals surface area contributed by atoms with E-state index >= 15 is 0 Å². The summed E-state index contributed by atoms with van der Waals surface area (Å²) in [7, 11) is 1.87. The molecule has 0 aliphatic carbocycles. The van der Waals surface area contributed by atoms with Crippen LogP contribution in [-0.4, -0.2) is 9.55 Å². The van der Waals surface area contributed by atoms with Crippen LogP contribution in [0.4, 0.5) is 5.95 Å². The van der Waals surface area contributed by atoms with E-state index < -0.39 is 0 Å². The van der Waals surface area contributed by atoms with Gasteiger partial charge in [-0.3, -0.25) is 0 Å². The van der Waals surface area contributed by atoms with Crippen molar-refractivity contribution in [2.24, 2.45) is 7.05 Å². The minimum absolute atomic E-state index is 0.0174. The molecule has 0 radical (unpaired) electrons. The molecular weight excluding hydrogens is 174 g/mol. The molecule has 0 aliphatic heterocycles. The smallest absolute Gasteiger partial charge is 0.201 e. The van der Waals surface area contributed by atoms with E-state index in [0.29, 0.717) is 11.1 Å². The summed E-state index contributed by atoms with van der Waals surface area (Å²) in [5.74, 6) is 0.463. The minimum atomic E-state index is -0.0174. The highest BCUT2D eigenvalue weighted by molar-refractivity contribution is 6.30. The Balaban J connectivity index is 3.32. The first kappa shape index (κ1) is 9.39. The fraction of sp³-hybridized carbons (Fsp3) is 0.625. The predicted molar refractivity (Wildman–Crippen MR) is 51.3 cm³/mol. The van der Waals surface area contributed by atoms with Gasteiger partial charge in [0.05, 0.1) is 5.69 Å². The molecule has 0 saturated carbocycles. The maximum absolute atomic E-state index is 5.92. The number of rotatable bonds is 0. The van der Waals surface area contributed by atoms with Gasteiger partial charge in [-0.2, -0.15) is 0 Å². The highest BCUT2D eigenvalue weighted by Gasteiger charge is 2.23. The molecule has 0 atom stereocenters. The van der Waals surface area contributed by atoms with Gasteiger partial charge in [-0.05, 0) is 0 Å². The van der Waals surface area contributed by atoms with Gasteiger partial charge in [-0.15, -0.1) is 0 Å². The summed E-state index contributed by atoms with van der Waals surface area (Å²) in [6.07, 6.45) is 0. The molecule has 2 N–H and O–H groups in total. The van der Waals surface area contributed by atoms with Crippen molar-refractivity contribution in [3.05, 3.63) is 10.8 Å². The van der Waals surface area contributed by atoms with E-state index in [1.54, 1.807) is 0 Å². The Kier molecular flexibility index (Phi) is 2.08. The second-order valence-electron chi connectivity index (χ2n) is 3.92. The molecule has 0 fully saturated rings. The monoisotopic (exact) mass is 187 g/mol. The molecule has 0 amide bonds. The van der Waals surface area contributed by atoms with Crippen molar-refractivity contribution in [2.45, 2.75) is 26.2 Å². The van der Waals surface area contributed by atoms with Crippen molar-refractivity contribution in [3.63, 3.8) is 0 Å². The topological polar surface area (TPSA) is 43.8 Å². The number of nitrogens with zero attached hydrogens (tertiary/aromatic N) is 2. The zero-order valence-electron chi connectivity index (χ0n) is 7.85. The van der Waals surface area contributed by atoms with Gasteiger partial charge in [0.2, 0.25) is 5.95 Å². The summed E-state index contributed by atoms with van der Waals surface area (Å²) in [6, 6.07) is 0. The summed E-state index contributed by atoms with van der Waals surface area (Å²) in [6.45, 7) is 6.24. The van der Waals surface area contributed by atoms with Crippen LogP contribution in [0.3, 0.4) is 0 Å². The number of halogens is 1. The standard InChI is InChI=1S/C8H14ClN3/c1-8(2,3)5-6(9)11-7(10)12(5)4/h1-4H3,(H2,10,11). The molecule has 0 saturated heterocycles. The Hall–Kier alpha value is -0.700. The van der Waals surface area contributed by atoms with Crippen LogP contribution >= 0.6 is 11.6 Å². The van der Waals surface area contributed by atoms with E-state index in [1.807, 2.05) is 11.6 Å². The Morgan fingerprint density at radius 1 is 1.42 bits per heavy atom. The van der Waals surface area contributed by atoms with Crippen molar-refractivity contribution >= 4 is 17.5 Å². The predicted octanol–water partition coefficient (Wildman–Crippen LogP) is 1.95. The SMILES string of the molecule is Cn1c(N)nc(Cl)c1C(C)(C)C. The third-order valence-corrected chi connectivity index (χ3v) is 2.06. The van der Waals surface area contributed by atoms with E-state index in [9.17, 15) is 0 Å². The number of anilines is 1. The molecule has 68 valence electrons. The lowest BCUT2D eigenvalue weighted by Crippen LogP contribution is -2.17. The van der Waals surface area contributed by atoms with Crippen LogP contribution in [0.25, 0.3) is 0 Å². The van der Waals surface area contributed by atoms with Crippen molar-refractivity contribution in [1.29, 1.82) is 0 Å². The van der Waals surface area contributed by atoms with Crippen molar-refractivity contribution in [2.75, 3.05) is 5.73 Å². The zero-order valence-corrected chi connectivity index (χ0v) is 8.61. The molecule has 0 aliphatic rings. The van der Waals surface area contributed by atoms with Gasteiger partial charge >= 0.3 is 0 Å². The fourth-order valence-corrected chi connectivity index (χ4v) is 1.79. The largest absolute Gasteiger partial charge is 0.369 e. The lowest BCUT2D eigenvalue weighted by Gasteiger charge is -2.19. The molecule has 0 unspecified atom stereocenters. The highest BCUT2D eigenvalue weighted by Crippen LogP contribution is 2.29. The lowest BCUT2D eigenvalue weighted by atomic mass is 9.93. The number of aromatic nitrogens is 2. The summed E-state index contributed by atoms with van der Waals surface area (Å²) in [4.78, 5) is 3.98. The number of hydrogen-bond acceptors (Lipinski definition) is 2. The van der Waals surface area contributed by atoms with Crippen molar-refractivity contribution in [1.82, 2.24) is 9.55 Å². The fourth-order valence-electron chi connectivity index (χ4n) is 1.29. The van der Waals surface area contributed by atoms with Crippen LogP contribution in [0.1, 0.15) is 26.5 Å². The first-order valence-electron chi connectivity index (χ1n) is 3.82. The number of nitrogen functional groups attached to an aromatic ring is 1. The number of nitrogens with two attached hydrogens (primary N) is 1. The van der Waals surface area contributed by atoms with Crippen LogP contribution in [0.5, 0.6) is 0 Å². The highest BCUT2D eigenvalue weighted by atomic mass is 35.5. The lowest BCUT2D eigenvalue weighted by molar-refractivity contribution is 0.545. The molecule has 1 aromatic heterocycles. The first-order chi connectivity index (χ1) is 5.34. The van der Waals surface area contributed by atoms with Gasteiger partial charge in [0, 0.05) is 12.5 Å². The van der Waals surface area contributed by atoms with E-state index in [4.69, 9.17) is 17.3 Å². The van der Waals surface area contributed by atoms with Gasteiger partial charge in [0.25, 0.3) is 0 Å². The first-order valence-corrected chi connectivity index (χ1v) is 4.20. The van der Waals surface area contributed by atoms with Crippen LogP contribution in [-0.2, 0) is 12.5 Å². The second-order valence-corrected chi connectivity index (χ2v) is 4.28. The Morgan fingerprint density at radius 2 is 1.92 bits per heavy atom. The molecule has 4 heteroatoms. The summed E-state index contributed by atoms with van der Waals surface area (Å²) in [5.41, 5.74) is 6.56. The van der Waals surface area contributed by atoms with Crippen LogP contribution in [0.2, 0.25) is 5.15 Å². The summed E-state index contributed by atoms with van der Waals surface area (Å²) >= 11 is 5.92. The molecule has 1 rings (SSSR count). The molecule has 1 heterocycles. The van der Waals surface area contributed by atoms with E-state index in [2.05, 4.69) is 25.8 Å². The number of imidazole rings is 1. The van der Waals surface area contributed by atoms with E-state index in [1.165, 1.54) is 0 Å². The van der Waals surface area contributed by atoms with Crippen LogP contribution < -0.4 is 5.73 Å². The van der Waals surface area contributed by atoms with Gasteiger partial charge in [0.15, 0.2) is 5.15 Å². The Labute approximate surface area is 77.5 Å². The molecular formula is C8H14ClN3. The second kappa shape index (κ2) is 2.66.